The van der Waals surface area contributed by atoms with Crippen LogP contribution in [0.4, 0.5) is 0 Å². The molecule has 0 spiro atoms. The van der Waals surface area contributed by atoms with E-state index >= 15 is 0 Å². The average molecular weight is 242 g/mol. The predicted octanol–water partition coefficient (Wildman–Crippen LogP) is 1.66. The van der Waals surface area contributed by atoms with Crippen LogP contribution < -0.4 is 5.32 Å². The predicted molar refractivity (Wildman–Crippen MR) is 71.2 cm³/mol. The summed E-state index contributed by atoms with van der Waals surface area (Å²) in [6.07, 6.45) is 5.22. The van der Waals surface area contributed by atoms with Crippen molar-refractivity contribution in [3.05, 3.63) is 47.5 Å². The molecule has 18 heavy (non-hydrogen) atoms. The Kier molecular flexibility index (Phi) is 3.15. The third kappa shape index (κ3) is 2.06. The van der Waals surface area contributed by atoms with Crippen molar-refractivity contribution in [3.8, 4) is 0 Å². The van der Waals surface area contributed by atoms with Crippen LogP contribution in [0.2, 0.25) is 0 Å². The van der Waals surface area contributed by atoms with E-state index in [1.807, 2.05) is 17.0 Å². The van der Waals surface area contributed by atoms with Gasteiger partial charge in [0.1, 0.15) is 0 Å². The van der Waals surface area contributed by atoms with E-state index in [1.54, 1.807) is 0 Å². The lowest BCUT2D eigenvalue weighted by atomic mass is 9.89. The summed E-state index contributed by atoms with van der Waals surface area (Å²) >= 11 is 0. The third-order valence-corrected chi connectivity index (χ3v) is 3.76. The van der Waals surface area contributed by atoms with Crippen LogP contribution in [0.1, 0.15) is 23.5 Å². The van der Waals surface area contributed by atoms with Crippen molar-refractivity contribution in [2.45, 2.75) is 18.9 Å². The van der Waals surface area contributed by atoms with Crippen molar-refractivity contribution in [1.29, 1.82) is 0 Å². The molecule has 1 aromatic carbocycles. The number of hydrogen-bond acceptors (Lipinski definition) is 2. The minimum Gasteiger partial charge on any atom is -0.338 e. The molecular weight excluding hydrogens is 224 g/mol. The molecule has 0 aliphatic carbocycles. The number of rotatable bonds is 1. The second kappa shape index (κ2) is 4.94. The maximum absolute atomic E-state index is 12.6. The minimum atomic E-state index is -0.0125. The summed E-state index contributed by atoms with van der Waals surface area (Å²) in [5.74, 6) is 0.250. The lowest BCUT2D eigenvalue weighted by molar-refractivity contribution is -0.132. The van der Waals surface area contributed by atoms with Gasteiger partial charge < -0.3 is 10.2 Å². The van der Waals surface area contributed by atoms with Crippen LogP contribution in [-0.2, 0) is 11.3 Å². The second-order valence-electron chi connectivity index (χ2n) is 4.93. The Bertz CT molecular complexity index is 481. The standard InChI is InChI=1S/C15H18N2O/c18-15(17-8-4-1-5-9-17)14-11-16-10-12-6-2-3-7-13(12)14/h1-4,6-7,14,16H,5,8-11H2. The molecular formula is C15H18N2O. The van der Waals surface area contributed by atoms with Gasteiger partial charge in [-0.25, -0.2) is 0 Å². The van der Waals surface area contributed by atoms with Crippen LogP contribution in [0, 0.1) is 0 Å². The largest absolute Gasteiger partial charge is 0.338 e. The molecule has 0 fully saturated rings. The highest BCUT2D eigenvalue weighted by Crippen LogP contribution is 2.26. The van der Waals surface area contributed by atoms with Gasteiger partial charge in [0.25, 0.3) is 0 Å². The first-order valence-corrected chi connectivity index (χ1v) is 6.58. The highest BCUT2D eigenvalue weighted by Gasteiger charge is 2.29. The third-order valence-electron chi connectivity index (χ3n) is 3.76. The van der Waals surface area contributed by atoms with Crippen molar-refractivity contribution in [3.63, 3.8) is 0 Å². The molecule has 0 saturated carbocycles. The fourth-order valence-electron chi connectivity index (χ4n) is 2.78. The van der Waals surface area contributed by atoms with Crippen LogP contribution in [0.5, 0.6) is 0 Å². The summed E-state index contributed by atoms with van der Waals surface area (Å²) < 4.78 is 0. The van der Waals surface area contributed by atoms with Crippen molar-refractivity contribution < 1.29 is 4.79 Å². The van der Waals surface area contributed by atoms with Gasteiger partial charge in [-0.3, -0.25) is 4.79 Å². The van der Waals surface area contributed by atoms with Gasteiger partial charge in [-0.15, -0.1) is 0 Å². The lowest BCUT2D eigenvalue weighted by Crippen LogP contribution is -2.42. The van der Waals surface area contributed by atoms with E-state index in [2.05, 4.69) is 29.6 Å². The fraction of sp³-hybridized carbons (Fsp3) is 0.400. The molecule has 0 bridgehead atoms. The van der Waals surface area contributed by atoms with Gasteiger partial charge in [-0.2, -0.15) is 0 Å². The summed E-state index contributed by atoms with van der Waals surface area (Å²) in [7, 11) is 0. The van der Waals surface area contributed by atoms with E-state index in [0.29, 0.717) is 0 Å². The van der Waals surface area contributed by atoms with E-state index < -0.39 is 0 Å². The summed E-state index contributed by atoms with van der Waals surface area (Å²) in [5.41, 5.74) is 2.46. The SMILES string of the molecule is O=C(C1CNCc2ccccc21)N1CC=CCC1. The van der Waals surface area contributed by atoms with Gasteiger partial charge in [0, 0.05) is 26.2 Å². The first kappa shape index (κ1) is 11.5. The molecule has 0 aromatic heterocycles. The molecule has 1 unspecified atom stereocenters. The van der Waals surface area contributed by atoms with E-state index in [1.165, 1.54) is 11.1 Å². The number of carbonyl (C=O) groups is 1. The van der Waals surface area contributed by atoms with Gasteiger partial charge in [-0.1, -0.05) is 36.4 Å². The van der Waals surface area contributed by atoms with Crippen LogP contribution >= 0.6 is 0 Å². The van der Waals surface area contributed by atoms with Gasteiger partial charge in [0.2, 0.25) is 5.91 Å². The van der Waals surface area contributed by atoms with Gasteiger partial charge in [0.05, 0.1) is 5.92 Å². The monoisotopic (exact) mass is 242 g/mol. The highest BCUT2D eigenvalue weighted by atomic mass is 16.2. The molecule has 3 nitrogen and oxygen atoms in total. The van der Waals surface area contributed by atoms with Crippen LogP contribution in [-0.4, -0.2) is 30.4 Å². The molecule has 2 aliphatic rings. The average Bonchev–Trinajstić information content (AvgIpc) is 2.47. The Morgan fingerprint density at radius 2 is 2.17 bits per heavy atom. The summed E-state index contributed by atoms with van der Waals surface area (Å²) in [6.45, 7) is 3.25. The molecule has 2 heterocycles. The quantitative estimate of drug-likeness (QED) is 0.760. The number of benzene rings is 1. The molecule has 1 N–H and O–H groups in total. The number of fused-ring (bicyclic) bond motifs is 1. The first-order chi connectivity index (χ1) is 8.86. The maximum Gasteiger partial charge on any atom is 0.231 e. The second-order valence-corrected chi connectivity index (χ2v) is 4.93. The smallest absolute Gasteiger partial charge is 0.231 e. The number of nitrogens with zero attached hydrogens (tertiary/aromatic N) is 1. The topological polar surface area (TPSA) is 32.3 Å². The molecule has 0 radical (unpaired) electrons. The molecule has 3 heteroatoms. The molecule has 94 valence electrons. The van der Waals surface area contributed by atoms with E-state index in [9.17, 15) is 4.79 Å². The number of hydrogen-bond donors (Lipinski definition) is 1. The Morgan fingerprint density at radius 1 is 1.28 bits per heavy atom. The normalized spacial score (nSPS) is 22.7. The lowest BCUT2D eigenvalue weighted by Gasteiger charge is -2.31. The van der Waals surface area contributed by atoms with E-state index in [0.717, 1.165) is 32.6 Å². The van der Waals surface area contributed by atoms with E-state index in [4.69, 9.17) is 0 Å². The zero-order chi connectivity index (χ0) is 12.4. The fourth-order valence-corrected chi connectivity index (χ4v) is 2.78. The maximum atomic E-state index is 12.6. The van der Waals surface area contributed by atoms with Gasteiger partial charge in [0.15, 0.2) is 0 Å². The minimum absolute atomic E-state index is 0.0125. The highest BCUT2D eigenvalue weighted by molar-refractivity contribution is 5.85. The van der Waals surface area contributed by atoms with Crippen LogP contribution in [0.25, 0.3) is 0 Å². The summed E-state index contributed by atoms with van der Waals surface area (Å²) in [6, 6.07) is 8.27. The van der Waals surface area contributed by atoms with Crippen molar-refractivity contribution in [2.75, 3.05) is 19.6 Å². The molecule has 1 atom stereocenters. The van der Waals surface area contributed by atoms with Crippen molar-refractivity contribution in [1.82, 2.24) is 10.2 Å². The summed E-state index contributed by atoms with van der Waals surface area (Å²) in [5, 5.41) is 3.35. The summed E-state index contributed by atoms with van der Waals surface area (Å²) in [4.78, 5) is 14.5. The van der Waals surface area contributed by atoms with Crippen LogP contribution in [0.3, 0.4) is 0 Å². The number of carbonyl (C=O) groups excluding carboxylic acids is 1. The molecule has 3 rings (SSSR count). The zero-order valence-corrected chi connectivity index (χ0v) is 10.4. The van der Waals surface area contributed by atoms with Crippen molar-refractivity contribution in [2.24, 2.45) is 0 Å². The van der Waals surface area contributed by atoms with Crippen molar-refractivity contribution >= 4 is 5.91 Å². The molecule has 1 amide bonds. The van der Waals surface area contributed by atoms with Gasteiger partial charge in [-0.05, 0) is 17.5 Å². The molecule has 0 saturated heterocycles. The Hall–Kier alpha value is -1.61. The Labute approximate surface area is 107 Å². The molecule has 2 aliphatic heterocycles. The van der Waals surface area contributed by atoms with Gasteiger partial charge >= 0.3 is 0 Å². The van der Waals surface area contributed by atoms with E-state index in [-0.39, 0.29) is 11.8 Å². The first-order valence-electron chi connectivity index (χ1n) is 6.58. The zero-order valence-electron chi connectivity index (χ0n) is 10.4. The molecule has 1 aromatic rings. The van der Waals surface area contributed by atoms with Crippen LogP contribution in [0.15, 0.2) is 36.4 Å². The Balaban J connectivity index is 1.85. The number of amides is 1. The number of nitrogens with one attached hydrogen (secondary N) is 1. The Morgan fingerprint density at radius 3 is 3.00 bits per heavy atom.